The number of para-hydroxylation sites is 1. The summed E-state index contributed by atoms with van der Waals surface area (Å²) in [7, 11) is 0. The Morgan fingerprint density at radius 3 is 2.61 bits per heavy atom. The zero-order valence-electron chi connectivity index (χ0n) is 16.4. The van der Waals surface area contributed by atoms with Gasteiger partial charge < -0.3 is 15.2 Å². The second kappa shape index (κ2) is 8.48. The lowest BCUT2D eigenvalue weighted by Gasteiger charge is -2.36. The van der Waals surface area contributed by atoms with Crippen LogP contribution in [0, 0.1) is 6.92 Å². The first-order chi connectivity index (χ1) is 13.7. The zero-order chi connectivity index (χ0) is 19.3. The van der Waals surface area contributed by atoms with E-state index in [2.05, 4.69) is 69.5 Å². The van der Waals surface area contributed by atoms with Crippen LogP contribution < -0.4 is 10.2 Å². The molecule has 1 aliphatic heterocycles. The number of piperazine rings is 1. The average molecular weight is 377 g/mol. The number of benzene rings is 2. The van der Waals surface area contributed by atoms with Gasteiger partial charge in [-0.3, -0.25) is 9.69 Å². The molecule has 0 radical (unpaired) electrons. The Labute approximate surface area is 166 Å². The van der Waals surface area contributed by atoms with Gasteiger partial charge in [0, 0.05) is 49.3 Å². The van der Waals surface area contributed by atoms with Crippen molar-refractivity contribution in [3.05, 3.63) is 65.9 Å². The number of amides is 1. The van der Waals surface area contributed by atoms with Crippen LogP contribution in [-0.4, -0.2) is 55.1 Å². The summed E-state index contributed by atoms with van der Waals surface area (Å²) in [5.74, 6) is -0.0252. The second-order valence-corrected chi connectivity index (χ2v) is 7.55. The summed E-state index contributed by atoms with van der Waals surface area (Å²) in [5, 5.41) is 4.13. The number of H-pyrrole nitrogens is 1. The molecular weight excluding hydrogens is 348 g/mol. The van der Waals surface area contributed by atoms with Crippen molar-refractivity contribution >= 4 is 22.5 Å². The third-order valence-corrected chi connectivity index (χ3v) is 5.45. The molecule has 5 nitrogen and oxygen atoms in total. The van der Waals surface area contributed by atoms with Crippen molar-refractivity contribution < 1.29 is 4.79 Å². The molecule has 0 saturated carbocycles. The van der Waals surface area contributed by atoms with Gasteiger partial charge in [-0.05, 0) is 50.2 Å². The van der Waals surface area contributed by atoms with Crippen molar-refractivity contribution in [2.24, 2.45) is 0 Å². The van der Waals surface area contributed by atoms with Crippen molar-refractivity contribution in [2.45, 2.75) is 13.3 Å². The van der Waals surface area contributed by atoms with Gasteiger partial charge >= 0.3 is 0 Å². The normalized spacial score (nSPS) is 15.1. The van der Waals surface area contributed by atoms with Crippen molar-refractivity contribution in [3.8, 4) is 0 Å². The zero-order valence-corrected chi connectivity index (χ0v) is 16.4. The van der Waals surface area contributed by atoms with Gasteiger partial charge in [-0.15, -0.1) is 0 Å². The molecule has 4 rings (SSSR count). The van der Waals surface area contributed by atoms with E-state index in [-0.39, 0.29) is 5.91 Å². The van der Waals surface area contributed by atoms with Crippen LogP contribution in [0.15, 0.2) is 54.6 Å². The maximum atomic E-state index is 12.4. The Balaban J connectivity index is 1.19. The number of hydrogen-bond donors (Lipinski definition) is 2. The molecule has 0 aliphatic carbocycles. The smallest absolute Gasteiger partial charge is 0.267 e. The van der Waals surface area contributed by atoms with E-state index >= 15 is 0 Å². The summed E-state index contributed by atoms with van der Waals surface area (Å²) in [6, 6.07) is 18.7. The predicted molar refractivity (Wildman–Crippen MR) is 115 cm³/mol. The predicted octanol–water partition coefficient (Wildman–Crippen LogP) is 3.42. The molecule has 2 aromatic carbocycles. The number of carbonyl (C=O) groups is 1. The third-order valence-electron chi connectivity index (χ3n) is 5.45. The van der Waals surface area contributed by atoms with Crippen molar-refractivity contribution in [3.63, 3.8) is 0 Å². The van der Waals surface area contributed by atoms with E-state index in [1.165, 1.54) is 11.3 Å². The number of fused-ring (bicyclic) bond motifs is 1. The fourth-order valence-electron chi connectivity index (χ4n) is 3.84. The largest absolute Gasteiger partial charge is 0.369 e. The van der Waals surface area contributed by atoms with Crippen LogP contribution in [-0.2, 0) is 0 Å². The van der Waals surface area contributed by atoms with Gasteiger partial charge in [0.1, 0.15) is 5.69 Å². The Bertz CT molecular complexity index is 926. The number of aromatic amines is 1. The molecule has 1 amide bonds. The minimum Gasteiger partial charge on any atom is -0.369 e. The Hall–Kier alpha value is -2.79. The minimum absolute atomic E-state index is 0.0252. The van der Waals surface area contributed by atoms with Crippen LogP contribution in [0.25, 0.3) is 10.9 Å². The van der Waals surface area contributed by atoms with Crippen LogP contribution >= 0.6 is 0 Å². The number of anilines is 1. The van der Waals surface area contributed by atoms with Crippen LogP contribution in [0.5, 0.6) is 0 Å². The van der Waals surface area contributed by atoms with E-state index in [1.54, 1.807) is 0 Å². The van der Waals surface area contributed by atoms with Crippen molar-refractivity contribution in [2.75, 3.05) is 44.2 Å². The van der Waals surface area contributed by atoms with Gasteiger partial charge in [-0.2, -0.15) is 0 Å². The highest BCUT2D eigenvalue weighted by Crippen LogP contribution is 2.17. The van der Waals surface area contributed by atoms with E-state index in [0.29, 0.717) is 12.2 Å². The molecule has 1 aliphatic rings. The van der Waals surface area contributed by atoms with E-state index in [4.69, 9.17) is 0 Å². The molecule has 28 heavy (non-hydrogen) atoms. The topological polar surface area (TPSA) is 51.4 Å². The van der Waals surface area contributed by atoms with Gasteiger partial charge in [-0.25, -0.2) is 0 Å². The van der Waals surface area contributed by atoms with E-state index in [0.717, 1.165) is 50.0 Å². The number of rotatable bonds is 6. The number of carbonyl (C=O) groups excluding carboxylic acids is 1. The molecule has 3 aromatic rings. The maximum Gasteiger partial charge on any atom is 0.267 e. The number of aromatic nitrogens is 1. The van der Waals surface area contributed by atoms with Crippen LogP contribution in [0.1, 0.15) is 22.5 Å². The molecule has 146 valence electrons. The van der Waals surface area contributed by atoms with Gasteiger partial charge in [0.15, 0.2) is 0 Å². The average Bonchev–Trinajstić information content (AvgIpc) is 3.15. The van der Waals surface area contributed by atoms with Crippen LogP contribution in [0.2, 0.25) is 0 Å². The van der Waals surface area contributed by atoms with Crippen LogP contribution in [0.4, 0.5) is 5.69 Å². The standard InChI is InChI=1S/C23H28N4O/c1-18-8-9-21-19(16-18)17-22(25-21)23(28)24-10-5-11-26-12-14-27(15-13-26)20-6-3-2-4-7-20/h2-4,6-9,16-17,25H,5,10-15H2,1H3,(H,24,28). The molecule has 0 atom stereocenters. The lowest BCUT2D eigenvalue weighted by atomic mass is 10.2. The molecule has 0 unspecified atom stereocenters. The lowest BCUT2D eigenvalue weighted by molar-refractivity contribution is 0.0947. The minimum atomic E-state index is -0.0252. The summed E-state index contributed by atoms with van der Waals surface area (Å²) < 4.78 is 0. The fraction of sp³-hybridized carbons (Fsp3) is 0.348. The highest BCUT2D eigenvalue weighted by atomic mass is 16.1. The number of hydrogen-bond acceptors (Lipinski definition) is 3. The molecule has 2 N–H and O–H groups in total. The van der Waals surface area contributed by atoms with Gasteiger partial charge in [0.05, 0.1) is 0 Å². The summed E-state index contributed by atoms with van der Waals surface area (Å²) in [6.45, 7) is 8.05. The first-order valence-corrected chi connectivity index (χ1v) is 10.1. The molecule has 1 fully saturated rings. The monoisotopic (exact) mass is 376 g/mol. The van der Waals surface area contributed by atoms with Gasteiger partial charge in [0.25, 0.3) is 5.91 Å². The Morgan fingerprint density at radius 2 is 1.82 bits per heavy atom. The van der Waals surface area contributed by atoms with Crippen molar-refractivity contribution in [1.29, 1.82) is 0 Å². The van der Waals surface area contributed by atoms with Crippen molar-refractivity contribution in [1.82, 2.24) is 15.2 Å². The van der Waals surface area contributed by atoms with E-state index in [1.807, 2.05) is 12.1 Å². The summed E-state index contributed by atoms with van der Waals surface area (Å²) in [4.78, 5) is 20.5. The highest BCUT2D eigenvalue weighted by Gasteiger charge is 2.16. The molecule has 1 saturated heterocycles. The van der Waals surface area contributed by atoms with Gasteiger partial charge in [-0.1, -0.05) is 29.8 Å². The Morgan fingerprint density at radius 1 is 1.04 bits per heavy atom. The first kappa shape index (κ1) is 18.6. The second-order valence-electron chi connectivity index (χ2n) is 7.55. The number of nitrogens with zero attached hydrogens (tertiary/aromatic N) is 2. The van der Waals surface area contributed by atoms with E-state index < -0.39 is 0 Å². The maximum absolute atomic E-state index is 12.4. The SMILES string of the molecule is Cc1ccc2[nH]c(C(=O)NCCCN3CCN(c4ccccc4)CC3)cc2c1. The highest BCUT2D eigenvalue weighted by molar-refractivity contribution is 5.98. The molecule has 0 bridgehead atoms. The fourth-order valence-corrected chi connectivity index (χ4v) is 3.84. The van der Waals surface area contributed by atoms with E-state index in [9.17, 15) is 4.79 Å². The summed E-state index contributed by atoms with van der Waals surface area (Å²) in [6.07, 6.45) is 0.969. The van der Waals surface area contributed by atoms with Crippen LogP contribution in [0.3, 0.4) is 0 Å². The molecule has 2 heterocycles. The van der Waals surface area contributed by atoms with Gasteiger partial charge in [0.2, 0.25) is 0 Å². The first-order valence-electron chi connectivity index (χ1n) is 10.1. The Kier molecular flexibility index (Phi) is 5.63. The molecule has 0 spiro atoms. The summed E-state index contributed by atoms with van der Waals surface area (Å²) in [5.41, 5.74) is 4.15. The number of aryl methyl sites for hydroxylation is 1. The third kappa shape index (κ3) is 4.37. The lowest BCUT2D eigenvalue weighted by Crippen LogP contribution is -2.47. The molecule has 5 heteroatoms. The molecular formula is C23H28N4O. The molecule has 1 aromatic heterocycles. The summed E-state index contributed by atoms with van der Waals surface area (Å²) >= 11 is 0. The number of nitrogens with one attached hydrogen (secondary N) is 2. The quantitative estimate of drug-likeness (QED) is 0.648.